The van der Waals surface area contributed by atoms with Gasteiger partial charge in [-0.05, 0) is 12.1 Å². The molecule has 0 spiro atoms. The summed E-state index contributed by atoms with van der Waals surface area (Å²) in [5.74, 6) is -1.32. The monoisotopic (exact) mass is 241 g/mol. The Morgan fingerprint density at radius 2 is 1.82 bits per heavy atom. The fourth-order valence-corrected chi connectivity index (χ4v) is 1.26. The normalized spacial score (nSPS) is 11.5. The number of benzene rings is 1. The van der Waals surface area contributed by atoms with Gasteiger partial charge in [0.25, 0.3) is 5.91 Å². The van der Waals surface area contributed by atoms with E-state index in [0.717, 1.165) is 11.5 Å². The second-order valence-corrected chi connectivity index (χ2v) is 3.20. The molecule has 0 saturated heterocycles. The van der Waals surface area contributed by atoms with Crippen LogP contribution < -0.4 is 5.32 Å². The zero-order valence-corrected chi connectivity index (χ0v) is 8.32. The lowest BCUT2D eigenvalue weighted by Crippen LogP contribution is -2.37. The summed E-state index contributed by atoms with van der Waals surface area (Å²) in [6.07, 6.45) is -3.77. The Morgan fingerprint density at radius 1 is 1.18 bits per heavy atom. The summed E-state index contributed by atoms with van der Waals surface area (Å²) in [6.45, 7) is 0. The minimum Gasteiger partial charge on any atom is -0.267 e. The molecule has 0 aliphatic heterocycles. The van der Waals surface area contributed by atoms with Crippen LogP contribution in [0.15, 0.2) is 30.5 Å². The van der Waals surface area contributed by atoms with E-state index in [1.807, 2.05) is 0 Å². The predicted molar refractivity (Wildman–Crippen MR) is 53.1 cm³/mol. The Hall–Kier alpha value is -2.18. The number of nitrogens with zero attached hydrogens (tertiary/aromatic N) is 2. The van der Waals surface area contributed by atoms with Gasteiger partial charge in [0.2, 0.25) is 0 Å². The lowest BCUT2D eigenvalue weighted by Gasteiger charge is -2.07. The number of nitrogens with one attached hydrogen (secondary N) is 1. The number of aromatic nitrogens is 2. The first kappa shape index (κ1) is 11.3. The van der Waals surface area contributed by atoms with Crippen LogP contribution in [-0.4, -0.2) is 22.2 Å². The van der Waals surface area contributed by atoms with Crippen molar-refractivity contribution in [3.8, 4) is 0 Å². The average molecular weight is 241 g/mol. The van der Waals surface area contributed by atoms with E-state index in [9.17, 15) is 18.0 Å². The molecule has 0 aliphatic carbocycles. The van der Waals surface area contributed by atoms with E-state index in [2.05, 4.69) is 9.97 Å². The van der Waals surface area contributed by atoms with Crippen molar-refractivity contribution < 1.29 is 18.0 Å². The molecule has 7 heteroatoms. The molecule has 0 radical (unpaired) electrons. The quantitative estimate of drug-likeness (QED) is 0.775. The van der Waals surface area contributed by atoms with Crippen molar-refractivity contribution in [2.45, 2.75) is 6.30 Å². The van der Waals surface area contributed by atoms with Gasteiger partial charge in [-0.3, -0.25) is 15.1 Å². The zero-order valence-electron chi connectivity index (χ0n) is 8.32. The van der Waals surface area contributed by atoms with Gasteiger partial charge >= 0.3 is 6.30 Å². The van der Waals surface area contributed by atoms with Crippen LogP contribution in [0.3, 0.4) is 0 Å². The van der Waals surface area contributed by atoms with Crippen LogP contribution in [0.2, 0.25) is 0 Å². The molecule has 0 unspecified atom stereocenters. The Kier molecular flexibility index (Phi) is 2.66. The zero-order chi connectivity index (χ0) is 12.5. The summed E-state index contributed by atoms with van der Waals surface area (Å²) in [4.78, 5) is 18.8. The minimum absolute atomic E-state index is 0.363. The van der Waals surface area contributed by atoms with Gasteiger partial charge in [0.1, 0.15) is 5.69 Å². The highest BCUT2D eigenvalue weighted by atomic mass is 19.4. The van der Waals surface area contributed by atoms with Crippen LogP contribution >= 0.6 is 0 Å². The summed E-state index contributed by atoms with van der Waals surface area (Å²) < 4.78 is 35.8. The van der Waals surface area contributed by atoms with Crippen molar-refractivity contribution in [3.63, 3.8) is 0 Å². The summed E-state index contributed by atoms with van der Waals surface area (Å²) in [6, 6.07) is 6.58. The van der Waals surface area contributed by atoms with Gasteiger partial charge in [-0.15, -0.1) is 0 Å². The molecule has 1 aromatic carbocycles. The highest BCUT2D eigenvalue weighted by Gasteiger charge is 2.31. The molecule has 1 heterocycles. The maximum Gasteiger partial charge on any atom is 0.484 e. The topological polar surface area (TPSA) is 54.9 Å². The SMILES string of the molecule is O=C(NC(F)(F)F)c1cnc2ccccc2n1. The van der Waals surface area contributed by atoms with Gasteiger partial charge in [0, 0.05) is 0 Å². The van der Waals surface area contributed by atoms with Crippen molar-refractivity contribution in [2.24, 2.45) is 0 Å². The standard InChI is InChI=1S/C10H6F3N3O/c11-10(12,13)16-9(17)8-5-14-6-3-1-2-4-7(6)15-8/h1-5H,(H,16,17). The van der Waals surface area contributed by atoms with Crippen LogP contribution in [0.5, 0.6) is 0 Å². The van der Waals surface area contributed by atoms with Crippen LogP contribution in [0.4, 0.5) is 13.2 Å². The summed E-state index contributed by atoms with van der Waals surface area (Å²) in [5, 5.41) is 0.859. The lowest BCUT2D eigenvalue weighted by molar-refractivity contribution is -0.146. The highest BCUT2D eigenvalue weighted by molar-refractivity contribution is 5.93. The molecule has 17 heavy (non-hydrogen) atoms. The van der Waals surface area contributed by atoms with Crippen molar-refractivity contribution in [2.75, 3.05) is 0 Å². The van der Waals surface area contributed by atoms with E-state index < -0.39 is 12.2 Å². The molecule has 2 rings (SSSR count). The molecular formula is C10H6F3N3O. The molecular weight excluding hydrogens is 235 g/mol. The largest absolute Gasteiger partial charge is 0.484 e. The fraction of sp³-hybridized carbons (Fsp3) is 0.100. The van der Waals surface area contributed by atoms with Crippen molar-refractivity contribution in [1.82, 2.24) is 15.3 Å². The number of alkyl halides is 3. The van der Waals surface area contributed by atoms with E-state index in [4.69, 9.17) is 0 Å². The number of halogens is 3. The molecule has 0 saturated carbocycles. The Bertz CT molecular complexity index is 568. The third kappa shape index (κ3) is 2.68. The predicted octanol–water partition coefficient (Wildman–Crippen LogP) is 1.88. The third-order valence-electron chi connectivity index (χ3n) is 1.94. The third-order valence-corrected chi connectivity index (χ3v) is 1.94. The number of fused-ring (bicyclic) bond motifs is 1. The van der Waals surface area contributed by atoms with E-state index >= 15 is 0 Å². The Labute approximate surface area is 93.5 Å². The first-order valence-corrected chi connectivity index (χ1v) is 4.57. The van der Waals surface area contributed by atoms with Crippen molar-refractivity contribution >= 4 is 16.9 Å². The van der Waals surface area contributed by atoms with E-state index in [1.54, 1.807) is 24.3 Å². The van der Waals surface area contributed by atoms with Crippen molar-refractivity contribution in [1.29, 1.82) is 0 Å². The number of hydrogen-bond donors (Lipinski definition) is 1. The molecule has 0 atom stereocenters. The first-order valence-electron chi connectivity index (χ1n) is 4.57. The molecule has 1 aromatic heterocycles. The molecule has 88 valence electrons. The average Bonchev–Trinajstić information content (AvgIpc) is 2.26. The van der Waals surface area contributed by atoms with Crippen LogP contribution in [0, 0.1) is 0 Å². The Morgan fingerprint density at radius 3 is 2.47 bits per heavy atom. The maximum absolute atomic E-state index is 11.9. The summed E-state index contributed by atoms with van der Waals surface area (Å²) >= 11 is 0. The smallest absolute Gasteiger partial charge is 0.267 e. The summed E-state index contributed by atoms with van der Waals surface area (Å²) in [7, 11) is 0. The first-order chi connectivity index (χ1) is 7.96. The maximum atomic E-state index is 11.9. The minimum atomic E-state index is -4.77. The molecule has 0 aliphatic rings. The van der Waals surface area contributed by atoms with Crippen LogP contribution in [-0.2, 0) is 0 Å². The molecule has 1 N–H and O–H groups in total. The van der Waals surface area contributed by atoms with E-state index in [0.29, 0.717) is 11.0 Å². The number of para-hydroxylation sites is 2. The van der Waals surface area contributed by atoms with Gasteiger partial charge in [-0.1, -0.05) is 12.1 Å². The van der Waals surface area contributed by atoms with Crippen LogP contribution in [0.1, 0.15) is 10.5 Å². The molecule has 4 nitrogen and oxygen atoms in total. The highest BCUT2D eigenvalue weighted by Crippen LogP contribution is 2.12. The van der Waals surface area contributed by atoms with Crippen LogP contribution in [0.25, 0.3) is 11.0 Å². The Balaban J connectivity index is 2.33. The van der Waals surface area contributed by atoms with Gasteiger partial charge in [-0.2, -0.15) is 13.2 Å². The van der Waals surface area contributed by atoms with Gasteiger partial charge in [-0.25, -0.2) is 4.98 Å². The molecule has 1 amide bonds. The van der Waals surface area contributed by atoms with E-state index in [-0.39, 0.29) is 5.69 Å². The van der Waals surface area contributed by atoms with E-state index in [1.165, 1.54) is 0 Å². The molecule has 0 fully saturated rings. The molecule has 0 bridgehead atoms. The number of carbonyl (C=O) groups is 1. The van der Waals surface area contributed by atoms with Gasteiger partial charge in [0.15, 0.2) is 0 Å². The number of amides is 1. The van der Waals surface area contributed by atoms with Gasteiger partial charge in [0.05, 0.1) is 17.2 Å². The molecule has 2 aromatic rings. The number of rotatable bonds is 1. The summed E-state index contributed by atoms with van der Waals surface area (Å²) in [5.41, 5.74) is 0.499. The fourth-order valence-electron chi connectivity index (χ4n) is 1.26. The number of hydrogen-bond acceptors (Lipinski definition) is 3. The van der Waals surface area contributed by atoms with Gasteiger partial charge < -0.3 is 0 Å². The van der Waals surface area contributed by atoms with Crippen molar-refractivity contribution in [3.05, 3.63) is 36.2 Å². The number of carbonyl (C=O) groups excluding carboxylic acids is 1. The second-order valence-electron chi connectivity index (χ2n) is 3.20. The second kappa shape index (κ2) is 4.00. The lowest BCUT2D eigenvalue weighted by atomic mass is 10.3.